The summed E-state index contributed by atoms with van der Waals surface area (Å²) in [5, 5.41) is 17.0. The number of aromatic amines is 1. The maximum atomic E-state index is 13.0. The van der Waals surface area contributed by atoms with Gasteiger partial charge in [0.15, 0.2) is 0 Å². The fourth-order valence-electron chi connectivity index (χ4n) is 2.84. The molecule has 1 saturated heterocycles. The number of aryl methyl sites for hydroxylation is 1. The monoisotopic (exact) mass is 290 g/mol. The molecule has 2 heterocycles. The molecule has 21 heavy (non-hydrogen) atoms. The van der Waals surface area contributed by atoms with Crippen LogP contribution in [0.15, 0.2) is 24.3 Å². The molecule has 0 amide bonds. The molecule has 6 heteroatoms. The lowest BCUT2D eigenvalue weighted by Gasteiger charge is -2.23. The van der Waals surface area contributed by atoms with Crippen LogP contribution in [0, 0.1) is 5.82 Å². The smallest absolute Gasteiger partial charge is 0.150 e. The number of hydrogen-bond donors (Lipinski definition) is 2. The van der Waals surface area contributed by atoms with E-state index in [0.717, 1.165) is 23.6 Å². The SMILES string of the molecule is CCc1n[nH]c(CN2C[C@@H](O)C[C@H]2c2ccc(F)cc2)n1. The second-order valence-corrected chi connectivity index (χ2v) is 5.44. The third kappa shape index (κ3) is 3.11. The first-order chi connectivity index (χ1) is 10.2. The van der Waals surface area contributed by atoms with Gasteiger partial charge in [-0.05, 0) is 24.1 Å². The van der Waals surface area contributed by atoms with E-state index in [9.17, 15) is 9.50 Å². The third-order valence-electron chi connectivity index (χ3n) is 3.88. The molecule has 1 fully saturated rings. The van der Waals surface area contributed by atoms with E-state index in [0.29, 0.717) is 19.5 Å². The van der Waals surface area contributed by atoms with Gasteiger partial charge in [0, 0.05) is 19.0 Å². The van der Waals surface area contributed by atoms with E-state index >= 15 is 0 Å². The molecule has 1 aliphatic heterocycles. The van der Waals surface area contributed by atoms with Gasteiger partial charge in [0.25, 0.3) is 0 Å². The molecule has 2 N–H and O–H groups in total. The number of likely N-dealkylation sites (tertiary alicyclic amines) is 1. The van der Waals surface area contributed by atoms with Gasteiger partial charge in [0.1, 0.15) is 17.5 Å². The van der Waals surface area contributed by atoms with Crippen LogP contribution in [0.4, 0.5) is 4.39 Å². The maximum absolute atomic E-state index is 13.0. The Kier molecular flexibility index (Phi) is 3.98. The number of nitrogens with zero attached hydrogens (tertiary/aromatic N) is 3. The van der Waals surface area contributed by atoms with Crippen LogP contribution in [0.5, 0.6) is 0 Å². The lowest BCUT2D eigenvalue weighted by atomic mass is 10.0. The fourth-order valence-corrected chi connectivity index (χ4v) is 2.84. The van der Waals surface area contributed by atoms with Gasteiger partial charge in [-0.3, -0.25) is 10.00 Å². The molecule has 0 bridgehead atoms. The molecule has 1 aromatic carbocycles. The summed E-state index contributed by atoms with van der Waals surface area (Å²) in [4.78, 5) is 6.56. The van der Waals surface area contributed by atoms with Crippen molar-refractivity contribution in [3.05, 3.63) is 47.3 Å². The topological polar surface area (TPSA) is 65.0 Å². The molecule has 5 nitrogen and oxygen atoms in total. The standard InChI is InChI=1S/C15H19FN4O/c1-2-14-17-15(19-18-14)9-20-8-12(21)7-13(20)10-3-5-11(16)6-4-10/h3-6,12-13,21H,2,7-9H2,1H3,(H,17,18,19)/t12-,13-/m0/s1. The van der Waals surface area contributed by atoms with Crippen molar-refractivity contribution >= 4 is 0 Å². The minimum atomic E-state index is -0.367. The Labute approximate surface area is 122 Å². The number of halogens is 1. The highest BCUT2D eigenvalue weighted by Gasteiger charge is 2.32. The molecular weight excluding hydrogens is 271 g/mol. The van der Waals surface area contributed by atoms with Crippen molar-refractivity contribution in [2.45, 2.75) is 38.5 Å². The molecule has 1 aliphatic rings. The van der Waals surface area contributed by atoms with Crippen LogP contribution in [0.1, 0.15) is 36.6 Å². The van der Waals surface area contributed by atoms with Crippen molar-refractivity contribution in [1.82, 2.24) is 20.1 Å². The Morgan fingerprint density at radius 2 is 2.14 bits per heavy atom. The predicted molar refractivity (Wildman–Crippen MR) is 75.9 cm³/mol. The summed E-state index contributed by atoms with van der Waals surface area (Å²) >= 11 is 0. The second kappa shape index (κ2) is 5.91. The van der Waals surface area contributed by atoms with Crippen LogP contribution in [0.25, 0.3) is 0 Å². The molecule has 3 rings (SSSR count). The van der Waals surface area contributed by atoms with E-state index in [-0.39, 0.29) is 18.0 Å². The van der Waals surface area contributed by atoms with Crippen molar-refractivity contribution < 1.29 is 9.50 Å². The highest BCUT2D eigenvalue weighted by atomic mass is 19.1. The van der Waals surface area contributed by atoms with Crippen molar-refractivity contribution in [1.29, 1.82) is 0 Å². The Bertz CT molecular complexity index is 598. The fraction of sp³-hybridized carbons (Fsp3) is 0.467. The van der Waals surface area contributed by atoms with Crippen molar-refractivity contribution in [2.75, 3.05) is 6.54 Å². The molecule has 0 unspecified atom stereocenters. The van der Waals surface area contributed by atoms with Gasteiger partial charge in [0.05, 0.1) is 12.6 Å². The summed E-state index contributed by atoms with van der Waals surface area (Å²) in [7, 11) is 0. The minimum Gasteiger partial charge on any atom is -0.392 e. The molecule has 2 aromatic rings. The van der Waals surface area contributed by atoms with Crippen LogP contribution < -0.4 is 0 Å². The first-order valence-corrected chi connectivity index (χ1v) is 7.23. The summed E-state index contributed by atoms with van der Waals surface area (Å²) in [6.07, 6.45) is 1.08. The second-order valence-electron chi connectivity index (χ2n) is 5.44. The molecule has 2 atom stereocenters. The Hall–Kier alpha value is -1.79. The minimum absolute atomic E-state index is 0.0794. The average molecular weight is 290 g/mol. The van der Waals surface area contributed by atoms with Crippen LogP contribution in [0.3, 0.4) is 0 Å². The van der Waals surface area contributed by atoms with E-state index in [1.165, 1.54) is 12.1 Å². The number of hydrogen-bond acceptors (Lipinski definition) is 4. The van der Waals surface area contributed by atoms with E-state index in [4.69, 9.17) is 0 Å². The summed E-state index contributed by atoms with van der Waals surface area (Å²) in [5.74, 6) is 1.35. The summed E-state index contributed by atoms with van der Waals surface area (Å²) < 4.78 is 13.0. The van der Waals surface area contributed by atoms with Crippen molar-refractivity contribution in [3.63, 3.8) is 0 Å². The van der Waals surface area contributed by atoms with Gasteiger partial charge in [-0.1, -0.05) is 19.1 Å². The zero-order valence-corrected chi connectivity index (χ0v) is 12.0. The van der Waals surface area contributed by atoms with E-state index in [1.807, 2.05) is 6.92 Å². The summed E-state index contributed by atoms with van der Waals surface area (Å²) in [6.45, 7) is 3.20. The first-order valence-electron chi connectivity index (χ1n) is 7.23. The van der Waals surface area contributed by atoms with Crippen LogP contribution in [0.2, 0.25) is 0 Å². The van der Waals surface area contributed by atoms with Crippen molar-refractivity contribution in [3.8, 4) is 0 Å². The normalized spacial score (nSPS) is 22.8. The van der Waals surface area contributed by atoms with E-state index in [1.54, 1.807) is 12.1 Å². The number of aliphatic hydroxyl groups excluding tert-OH is 1. The lowest BCUT2D eigenvalue weighted by Crippen LogP contribution is -2.25. The van der Waals surface area contributed by atoms with Gasteiger partial charge < -0.3 is 5.11 Å². The number of β-amino-alcohol motifs (C(OH)–C–C–N with tert-alkyl or cyclic N) is 1. The molecule has 112 valence electrons. The lowest BCUT2D eigenvalue weighted by molar-refractivity contribution is 0.171. The molecule has 0 saturated carbocycles. The zero-order valence-electron chi connectivity index (χ0n) is 12.0. The quantitative estimate of drug-likeness (QED) is 0.901. The van der Waals surface area contributed by atoms with Crippen molar-refractivity contribution in [2.24, 2.45) is 0 Å². The zero-order chi connectivity index (χ0) is 14.8. The van der Waals surface area contributed by atoms with Gasteiger partial charge in [0.2, 0.25) is 0 Å². The molecular formula is C15H19FN4O. The number of aromatic nitrogens is 3. The highest BCUT2D eigenvalue weighted by molar-refractivity contribution is 5.21. The summed E-state index contributed by atoms with van der Waals surface area (Å²) in [5.41, 5.74) is 1.02. The number of nitrogens with one attached hydrogen (secondary N) is 1. The number of benzene rings is 1. The van der Waals surface area contributed by atoms with Crippen LogP contribution in [-0.4, -0.2) is 37.8 Å². The predicted octanol–water partition coefficient (Wildman–Crippen LogP) is 1.81. The number of rotatable bonds is 4. The molecule has 0 radical (unpaired) electrons. The Balaban J connectivity index is 1.77. The Morgan fingerprint density at radius 1 is 1.38 bits per heavy atom. The summed E-state index contributed by atoms with van der Waals surface area (Å²) in [6, 6.07) is 6.56. The van der Waals surface area contributed by atoms with E-state index < -0.39 is 0 Å². The molecule has 1 aromatic heterocycles. The largest absolute Gasteiger partial charge is 0.392 e. The highest BCUT2D eigenvalue weighted by Crippen LogP contribution is 2.33. The van der Waals surface area contributed by atoms with E-state index in [2.05, 4.69) is 20.1 Å². The average Bonchev–Trinajstić information content (AvgIpc) is 3.07. The number of H-pyrrole nitrogens is 1. The van der Waals surface area contributed by atoms with Gasteiger partial charge in [-0.25, -0.2) is 9.37 Å². The van der Waals surface area contributed by atoms with Crippen LogP contribution >= 0.6 is 0 Å². The van der Waals surface area contributed by atoms with Crippen LogP contribution in [-0.2, 0) is 13.0 Å². The number of aliphatic hydroxyl groups is 1. The van der Waals surface area contributed by atoms with Gasteiger partial charge in [-0.2, -0.15) is 5.10 Å². The molecule has 0 aliphatic carbocycles. The molecule has 0 spiro atoms. The Morgan fingerprint density at radius 3 is 2.81 bits per heavy atom. The maximum Gasteiger partial charge on any atom is 0.150 e. The first kappa shape index (κ1) is 14.2. The van der Waals surface area contributed by atoms with Gasteiger partial charge >= 0.3 is 0 Å². The van der Waals surface area contributed by atoms with Gasteiger partial charge in [-0.15, -0.1) is 0 Å². The third-order valence-corrected chi connectivity index (χ3v) is 3.88.